The van der Waals surface area contributed by atoms with Crippen molar-refractivity contribution in [2.24, 2.45) is 11.8 Å². The number of sulfonamides is 1. The van der Waals surface area contributed by atoms with Crippen LogP contribution in [0.5, 0.6) is 0 Å². The van der Waals surface area contributed by atoms with Crippen LogP contribution in [0.1, 0.15) is 20.3 Å². The molecule has 0 N–H and O–H groups in total. The van der Waals surface area contributed by atoms with Crippen LogP contribution in [0.25, 0.3) is 0 Å². The predicted molar refractivity (Wildman–Crippen MR) is 62.1 cm³/mol. The molecule has 1 heterocycles. The Morgan fingerprint density at radius 3 is 2.57 bits per heavy atom. The molecule has 0 saturated carbocycles. The smallest absolute Gasteiger partial charge is 0.212 e. The summed E-state index contributed by atoms with van der Waals surface area (Å²) in [6.45, 7) is 5.27. The number of halogens is 1. The summed E-state index contributed by atoms with van der Waals surface area (Å²) in [6.07, 6.45) is 0.989. The molecule has 3 nitrogen and oxygen atoms in total. The van der Waals surface area contributed by atoms with Crippen molar-refractivity contribution in [2.45, 2.75) is 20.3 Å². The molecule has 0 aliphatic carbocycles. The maximum absolute atomic E-state index is 11.8. The van der Waals surface area contributed by atoms with Gasteiger partial charge in [-0.05, 0) is 18.3 Å². The Labute approximate surface area is 95.0 Å². The SMILES string of the molecule is CC(C)CS(=O)(=O)N1CCC(CBr)C1. The normalized spacial score (nSPS) is 24.7. The van der Waals surface area contributed by atoms with Gasteiger partial charge in [0.15, 0.2) is 0 Å². The number of nitrogens with zero attached hydrogens (tertiary/aromatic N) is 1. The molecule has 0 aromatic rings. The molecule has 0 amide bonds. The fraction of sp³-hybridized carbons (Fsp3) is 1.00. The Hall–Kier alpha value is 0.390. The van der Waals surface area contributed by atoms with Gasteiger partial charge in [-0.25, -0.2) is 12.7 Å². The summed E-state index contributed by atoms with van der Waals surface area (Å²) in [5, 5.41) is 0.903. The summed E-state index contributed by atoms with van der Waals surface area (Å²) in [5.74, 6) is 0.988. The molecule has 14 heavy (non-hydrogen) atoms. The zero-order valence-corrected chi connectivity index (χ0v) is 11.1. The molecule has 1 fully saturated rings. The third-order valence-electron chi connectivity index (χ3n) is 2.40. The lowest BCUT2D eigenvalue weighted by molar-refractivity contribution is 0.459. The number of rotatable bonds is 4. The molecule has 1 atom stereocenters. The van der Waals surface area contributed by atoms with Gasteiger partial charge in [0.25, 0.3) is 0 Å². The van der Waals surface area contributed by atoms with E-state index in [0.717, 1.165) is 11.8 Å². The second-order valence-electron chi connectivity index (χ2n) is 4.34. The number of hydrogen-bond donors (Lipinski definition) is 0. The van der Waals surface area contributed by atoms with E-state index in [2.05, 4.69) is 15.9 Å². The Bertz CT molecular complexity index is 277. The minimum absolute atomic E-state index is 0.211. The van der Waals surface area contributed by atoms with Gasteiger partial charge in [-0.15, -0.1) is 0 Å². The molecule has 1 rings (SSSR count). The van der Waals surface area contributed by atoms with Gasteiger partial charge in [-0.1, -0.05) is 29.8 Å². The fourth-order valence-corrected chi connectivity index (χ4v) is 4.11. The van der Waals surface area contributed by atoms with Gasteiger partial charge in [-0.3, -0.25) is 0 Å². The van der Waals surface area contributed by atoms with Gasteiger partial charge in [0.05, 0.1) is 5.75 Å². The first-order valence-corrected chi connectivity index (χ1v) is 7.72. The van der Waals surface area contributed by atoms with Gasteiger partial charge in [0.1, 0.15) is 0 Å². The summed E-state index contributed by atoms with van der Waals surface area (Å²) in [7, 11) is -2.99. The maximum Gasteiger partial charge on any atom is 0.214 e. The first kappa shape index (κ1) is 12.5. The number of hydrogen-bond acceptors (Lipinski definition) is 2. The highest BCUT2D eigenvalue weighted by molar-refractivity contribution is 9.09. The third kappa shape index (κ3) is 3.21. The molecule has 1 unspecified atom stereocenters. The van der Waals surface area contributed by atoms with Crippen molar-refractivity contribution in [3.63, 3.8) is 0 Å². The first-order valence-electron chi connectivity index (χ1n) is 4.99. The summed E-state index contributed by atoms with van der Waals surface area (Å²) in [4.78, 5) is 0. The van der Waals surface area contributed by atoms with Crippen LogP contribution >= 0.6 is 15.9 Å². The molecule has 0 bridgehead atoms. The Balaban J connectivity index is 2.57. The Morgan fingerprint density at radius 2 is 2.14 bits per heavy atom. The summed E-state index contributed by atoms with van der Waals surface area (Å²) in [6, 6.07) is 0. The minimum atomic E-state index is -2.99. The van der Waals surface area contributed by atoms with E-state index in [4.69, 9.17) is 0 Å². The third-order valence-corrected chi connectivity index (χ3v) is 5.53. The van der Waals surface area contributed by atoms with E-state index in [9.17, 15) is 8.42 Å². The first-order chi connectivity index (χ1) is 6.45. The van der Waals surface area contributed by atoms with Crippen molar-refractivity contribution in [1.82, 2.24) is 4.31 Å². The highest BCUT2D eigenvalue weighted by atomic mass is 79.9. The van der Waals surface area contributed by atoms with Crippen molar-refractivity contribution in [3.8, 4) is 0 Å². The van der Waals surface area contributed by atoms with E-state index >= 15 is 0 Å². The monoisotopic (exact) mass is 283 g/mol. The molecular formula is C9H18BrNO2S. The highest BCUT2D eigenvalue weighted by Crippen LogP contribution is 2.22. The van der Waals surface area contributed by atoms with E-state index in [1.54, 1.807) is 4.31 Å². The van der Waals surface area contributed by atoms with Crippen LogP contribution in [0.4, 0.5) is 0 Å². The molecule has 5 heteroatoms. The molecule has 0 radical (unpaired) electrons. The topological polar surface area (TPSA) is 37.4 Å². The minimum Gasteiger partial charge on any atom is -0.212 e. The molecule has 1 aliphatic heterocycles. The average molecular weight is 284 g/mol. The molecule has 0 aromatic carbocycles. The van der Waals surface area contributed by atoms with Gasteiger partial charge < -0.3 is 0 Å². The quantitative estimate of drug-likeness (QED) is 0.737. The van der Waals surface area contributed by atoms with Crippen LogP contribution in [-0.2, 0) is 10.0 Å². The summed E-state index contributed by atoms with van der Waals surface area (Å²) >= 11 is 3.40. The lowest BCUT2D eigenvalue weighted by atomic mass is 10.2. The van der Waals surface area contributed by atoms with Gasteiger partial charge >= 0.3 is 0 Å². The van der Waals surface area contributed by atoms with E-state index in [0.29, 0.717) is 19.0 Å². The van der Waals surface area contributed by atoms with Crippen LogP contribution in [0.2, 0.25) is 0 Å². The van der Waals surface area contributed by atoms with Crippen LogP contribution in [0.15, 0.2) is 0 Å². The maximum atomic E-state index is 11.8. The molecule has 0 spiro atoms. The molecular weight excluding hydrogens is 266 g/mol. The van der Waals surface area contributed by atoms with Crippen molar-refractivity contribution in [3.05, 3.63) is 0 Å². The zero-order chi connectivity index (χ0) is 10.8. The van der Waals surface area contributed by atoms with Gasteiger partial charge in [-0.2, -0.15) is 0 Å². The van der Waals surface area contributed by atoms with E-state index in [1.165, 1.54) is 0 Å². The van der Waals surface area contributed by atoms with Crippen molar-refractivity contribution in [1.29, 1.82) is 0 Å². The molecule has 1 saturated heterocycles. The lowest BCUT2D eigenvalue weighted by Gasteiger charge is -2.17. The number of alkyl halides is 1. The zero-order valence-electron chi connectivity index (χ0n) is 8.74. The van der Waals surface area contributed by atoms with Crippen LogP contribution in [0.3, 0.4) is 0 Å². The predicted octanol–water partition coefficient (Wildman–Crippen LogP) is 1.69. The van der Waals surface area contributed by atoms with Crippen molar-refractivity contribution >= 4 is 26.0 Å². The second kappa shape index (κ2) is 4.94. The van der Waals surface area contributed by atoms with Crippen molar-refractivity contribution < 1.29 is 8.42 Å². The molecule has 0 aromatic heterocycles. The van der Waals surface area contributed by atoms with Crippen LogP contribution in [0, 0.1) is 11.8 Å². The molecule has 1 aliphatic rings. The van der Waals surface area contributed by atoms with Gasteiger partial charge in [0.2, 0.25) is 10.0 Å². The van der Waals surface area contributed by atoms with Crippen LogP contribution < -0.4 is 0 Å². The Kier molecular flexibility index (Phi) is 4.40. The second-order valence-corrected chi connectivity index (χ2v) is 7.00. The van der Waals surface area contributed by atoms with E-state index in [-0.39, 0.29) is 11.7 Å². The summed E-state index contributed by atoms with van der Waals surface area (Å²) < 4.78 is 25.3. The van der Waals surface area contributed by atoms with E-state index in [1.807, 2.05) is 13.8 Å². The van der Waals surface area contributed by atoms with Crippen molar-refractivity contribution in [2.75, 3.05) is 24.2 Å². The standard InChI is InChI=1S/C9H18BrNO2S/c1-8(2)7-14(12,13)11-4-3-9(5-10)6-11/h8-9H,3-7H2,1-2H3. The Morgan fingerprint density at radius 1 is 1.50 bits per heavy atom. The lowest BCUT2D eigenvalue weighted by Crippen LogP contribution is -2.32. The highest BCUT2D eigenvalue weighted by Gasteiger charge is 2.30. The van der Waals surface area contributed by atoms with Crippen LogP contribution in [-0.4, -0.2) is 36.9 Å². The average Bonchev–Trinajstić information content (AvgIpc) is 2.49. The van der Waals surface area contributed by atoms with E-state index < -0.39 is 10.0 Å². The van der Waals surface area contributed by atoms with Gasteiger partial charge in [0, 0.05) is 18.4 Å². The summed E-state index contributed by atoms with van der Waals surface area (Å²) in [5.41, 5.74) is 0. The fourth-order valence-electron chi connectivity index (χ4n) is 1.70. The molecule has 84 valence electrons. The largest absolute Gasteiger partial charge is 0.214 e.